The van der Waals surface area contributed by atoms with Crippen LogP contribution in [0.1, 0.15) is 6.04 Å². The summed E-state index contributed by atoms with van der Waals surface area (Å²) in [6, 6.07) is 0.555. The van der Waals surface area contributed by atoms with E-state index >= 15 is 0 Å². The molecule has 0 bridgehead atoms. The van der Waals surface area contributed by atoms with Gasteiger partial charge in [-0.15, -0.1) is 33.2 Å². The Hall–Kier alpha value is -1.82. The Morgan fingerprint density at radius 1 is 1.32 bits per heavy atom. The van der Waals surface area contributed by atoms with Crippen LogP contribution in [0.5, 0.6) is 0 Å². The summed E-state index contributed by atoms with van der Waals surface area (Å²) in [5, 5.41) is 42.3. The molecule has 4 rings (SSSR count). The van der Waals surface area contributed by atoms with E-state index in [0.717, 1.165) is 11.8 Å². The third-order valence-electron chi connectivity index (χ3n) is 4.51. The summed E-state index contributed by atoms with van der Waals surface area (Å²) >= 11 is 14.2. The van der Waals surface area contributed by atoms with Crippen molar-refractivity contribution in [3.63, 3.8) is 0 Å². The highest BCUT2D eigenvalue weighted by molar-refractivity contribution is 8.00. The van der Waals surface area contributed by atoms with Gasteiger partial charge in [-0.1, -0.05) is 35.0 Å². The van der Waals surface area contributed by atoms with Crippen molar-refractivity contribution in [2.45, 2.75) is 34.7 Å². The van der Waals surface area contributed by atoms with E-state index in [1.807, 2.05) is 0 Å². The number of ether oxygens (including phenoxy) is 1. The van der Waals surface area contributed by atoms with Gasteiger partial charge in [0, 0.05) is 10.3 Å². The van der Waals surface area contributed by atoms with E-state index < -0.39 is 36.4 Å². The summed E-state index contributed by atoms with van der Waals surface area (Å²) in [5.74, 6) is 0.0945. The predicted octanol–water partition coefficient (Wildman–Crippen LogP) is 2.43. The molecule has 0 spiro atoms. The van der Waals surface area contributed by atoms with Gasteiger partial charge < -0.3 is 24.9 Å². The number of hydrogen-bond acceptors (Lipinski definition) is 10. The minimum Gasteiger partial charge on any atom is -0.394 e. The minimum atomic E-state index is -1.27. The first-order valence-corrected chi connectivity index (χ1v) is 11.3. The maximum absolute atomic E-state index is 11.0. The third-order valence-corrected chi connectivity index (χ3v) is 7.08. The van der Waals surface area contributed by atoms with Crippen LogP contribution in [0.3, 0.4) is 0 Å². The van der Waals surface area contributed by atoms with Crippen molar-refractivity contribution in [2.24, 2.45) is 0 Å². The lowest BCUT2D eigenvalue weighted by Crippen LogP contribution is -2.55. The van der Waals surface area contributed by atoms with E-state index in [1.165, 1.54) is 34.5 Å². The molecule has 14 heteroatoms. The SMILES string of the molecule is [C-]#[N+]c1ncc(Cl)cc1S[C@H]1OC(CO)[C@H](O)C(n2cc(-c3nc(Cl)cs3)nn2)[C@@H]1O. The standard InChI is InChI=1S/C17H14Cl2N6O4S2/c1-20-15-10(2-7(18)3-21-15)31-17-14(28)12(13(27)9(5-26)29-17)25-4-8(23-24-25)16-22-11(19)6-30-16/h2-4,6,9,12-14,17,26-28H,5H2/t9?,12?,13-,14-,17+/m0/s1. The molecule has 1 saturated heterocycles. The number of thiazole rings is 1. The highest BCUT2D eigenvalue weighted by Crippen LogP contribution is 2.41. The molecule has 0 radical (unpaired) electrons. The molecular weight excluding hydrogens is 487 g/mol. The number of thioether (sulfide) groups is 1. The molecule has 10 nitrogen and oxygen atoms in total. The van der Waals surface area contributed by atoms with E-state index in [1.54, 1.807) is 5.38 Å². The number of halogens is 2. The summed E-state index contributed by atoms with van der Waals surface area (Å²) in [4.78, 5) is 11.9. The lowest BCUT2D eigenvalue weighted by molar-refractivity contribution is -0.178. The molecule has 3 aromatic heterocycles. The Morgan fingerprint density at radius 3 is 2.81 bits per heavy atom. The summed E-state index contributed by atoms with van der Waals surface area (Å²) in [7, 11) is 0. The average Bonchev–Trinajstić information content (AvgIpc) is 3.39. The smallest absolute Gasteiger partial charge is 0.283 e. The number of aromatic nitrogens is 5. The highest BCUT2D eigenvalue weighted by atomic mass is 35.5. The number of aliphatic hydroxyl groups is 3. The fourth-order valence-electron chi connectivity index (χ4n) is 3.08. The lowest BCUT2D eigenvalue weighted by Gasteiger charge is -2.41. The quantitative estimate of drug-likeness (QED) is 0.451. The fourth-order valence-corrected chi connectivity index (χ4v) is 5.34. The number of hydrogen-bond donors (Lipinski definition) is 3. The van der Waals surface area contributed by atoms with Gasteiger partial charge >= 0.3 is 0 Å². The van der Waals surface area contributed by atoms with E-state index in [-0.39, 0.29) is 5.82 Å². The van der Waals surface area contributed by atoms with E-state index in [0.29, 0.717) is 25.8 Å². The van der Waals surface area contributed by atoms with Gasteiger partial charge in [-0.05, 0) is 6.07 Å². The molecule has 31 heavy (non-hydrogen) atoms. The molecule has 1 aliphatic rings. The van der Waals surface area contributed by atoms with Gasteiger partial charge in [-0.25, -0.2) is 9.67 Å². The van der Waals surface area contributed by atoms with Crippen molar-refractivity contribution in [2.75, 3.05) is 6.61 Å². The summed E-state index contributed by atoms with van der Waals surface area (Å²) < 4.78 is 7.01. The summed E-state index contributed by atoms with van der Waals surface area (Å²) in [6.45, 7) is 6.79. The fraction of sp³-hybridized carbons (Fsp3) is 0.353. The highest BCUT2D eigenvalue weighted by Gasteiger charge is 2.46. The number of aliphatic hydroxyl groups excluding tert-OH is 3. The third kappa shape index (κ3) is 4.55. The molecule has 0 amide bonds. The second-order valence-corrected chi connectivity index (χ2v) is 9.28. The predicted molar refractivity (Wildman–Crippen MR) is 114 cm³/mol. The van der Waals surface area contributed by atoms with Gasteiger partial charge in [-0.3, -0.25) is 0 Å². The second kappa shape index (κ2) is 9.35. The minimum absolute atomic E-state index is 0.0945. The van der Waals surface area contributed by atoms with Crippen molar-refractivity contribution in [3.8, 4) is 10.7 Å². The van der Waals surface area contributed by atoms with E-state index in [4.69, 9.17) is 34.5 Å². The molecule has 0 aliphatic carbocycles. The van der Waals surface area contributed by atoms with Crippen LogP contribution in [-0.2, 0) is 4.74 Å². The molecule has 0 aromatic carbocycles. The van der Waals surface area contributed by atoms with Crippen molar-refractivity contribution >= 4 is 52.1 Å². The first-order valence-electron chi connectivity index (χ1n) is 8.76. The molecule has 2 unspecified atom stereocenters. The maximum atomic E-state index is 11.0. The van der Waals surface area contributed by atoms with Crippen LogP contribution in [-0.4, -0.2) is 70.6 Å². The largest absolute Gasteiger partial charge is 0.394 e. The Labute approximate surface area is 194 Å². The average molecular weight is 501 g/mol. The monoisotopic (exact) mass is 500 g/mol. The number of rotatable bonds is 5. The Balaban J connectivity index is 1.64. The van der Waals surface area contributed by atoms with Crippen LogP contribution >= 0.6 is 46.3 Å². The van der Waals surface area contributed by atoms with Crippen molar-refractivity contribution in [1.29, 1.82) is 0 Å². The topological polar surface area (TPSA) is 131 Å². The van der Waals surface area contributed by atoms with E-state index in [2.05, 4.69) is 25.1 Å². The van der Waals surface area contributed by atoms with Gasteiger partial charge in [0.1, 0.15) is 51.8 Å². The first kappa shape index (κ1) is 22.4. The van der Waals surface area contributed by atoms with Crippen molar-refractivity contribution in [3.05, 3.63) is 45.4 Å². The van der Waals surface area contributed by atoms with Gasteiger partial charge in [0.05, 0.1) is 17.8 Å². The van der Waals surface area contributed by atoms with Crippen molar-refractivity contribution in [1.82, 2.24) is 25.0 Å². The molecule has 5 atom stereocenters. The van der Waals surface area contributed by atoms with Crippen LogP contribution in [0.4, 0.5) is 5.82 Å². The zero-order valence-electron chi connectivity index (χ0n) is 15.4. The van der Waals surface area contributed by atoms with Gasteiger partial charge in [0.25, 0.3) is 5.82 Å². The first-order chi connectivity index (χ1) is 14.9. The second-order valence-electron chi connectivity index (χ2n) is 6.46. The molecule has 0 saturated carbocycles. The summed E-state index contributed by atoms with van der Waals surface area (Å²) in [5.41, 5.74) is -0.532. The van der Waals surface area contributed by atoms with Gasteiger partial charge in [0.15, 0.2) is 0 Å². The van der Waals surface area contributed by atoms with Crippen LogP contribution < -0.4 is 0 Å². The normalized spacial score (nSPS) is 26.0. The van der Waals surface area contributed by atoms with Crippen LogP contribution in [0, 0.1) is 6.57 Å². The molecule has 1 fully saturated rings. The number of nitrogens with zero attached hydrogens (tertiary/aromatic N) is 6. The summed E-state index contributed by atoms with van der Waals surface area (Å²) in [6.07, 6.45) is -0.670. The van der Waals surface area contributed by atoms with Gasteiger partial charge in [-0.2, -0.15) is 0 Å². The van der Waals surface area contributed by atoms with E-state index in [9.17, 15) is 15.3 Å². The Kier molecular flexibility index (Phi) is 6.75. The van der Waals surface area contributed by atoms with Gasteiger partial charge in [0.2, 0.25) is 0 Å². The van der Waals surface area contributed by atoms with Crippen LogP contribution in [0.25, 0.3) is 15.5 Å². The Bertz CT molecular complexity index is 1120. The van der Waals surface area contributed by atoms with Crippen LogP contribution in [0.15, 0.2) is 28.7 Å². The molecule has 162 valence electrons. The molecule has 3 N–H and O–H groups in total. The number of pyridine rings is 1. The molecule has 4 heterocycles. The van der Waals surface area contributed by atoms with Crippen molar-refractivity contribution < 1.29 is 20.1 Å². The molecular formula is C17H14Cl2N6O4S2. The lowest BCUT2D eigenvalue weighted by atomic mass is 9.97. The molecule has 3 aromatic rings. The zero-order valence-corrected chi connectivity index (χ0v) is 18.6. The molecule has 1 aliphatic heterocycles. The zero-order chi connectivity index (χ0) is 22.1. The Morgan fingerprint density at radius 2 is 2.13 bits per heavy atom. The van der Waals surface area contributed by atoms with Crippen LogP contribution in [0.2, 0.25) is 10.2 Å². The maximum Gasteiger partial charge on any atom is 0.283 e.